The Kier molecular flexibility index (Phi) is 3.46. The minimum atomic E-state index is -0.642. The second kappa shape index (κ2) is 5.21. The third kappa shape index (κ3) is 2.89. The standard InChI is InChI=1S/C12H13N5O2/c1-17-10(6-7-14-17)15-12(19)16-11(18)8-4-2-3-5-9(8)13/h2-7H,13H2,1H3,(H2,15,16,18,19). The lowest BCUT2D eigenvalue weighted by molar-refractivity contribution is 0.0968. The number of amides is 3. The van der Waals surface area contributed by atoms with Gasteiger partial charge in [0.15, 0.2) is 0 Å². The van der Waals surface area contributed by atoms with Crippen LogP contribution in [-0.4, -0.2) is 21.7 Å². The molecule has 0 aliphatic heterocycles. The third-order valence-corrected chi connectivity index (χ3v) is 2.49. The number of urea groups is 1. The van der Waals surface area contributed by atoms with E-state index in [4.69, 9.17) is 5.73 Å². The maximum atomic E-state index is 11.8. The molecule has 19 heavy (non-hydrogen) atoms. The Balaban J connectivity index is 2.02. The lowest BCUT2D eigenvalue weighted by Gasteiger charge is -2.08. The minimum absolute atomic E-state index is 0.252. The summed E-state index contributed by atoms with van der Waals surface area (Å²) in [6, 6.07) is 7.49. The Morgan fingerprint density at radius 1 is 1.26 bits per heavy atom. The van der Waals surface area contributed by atoms with E-state index in [9.17, 15) is 9.59 Å². The molecule has 0 saturated heterocycles. The van der Waals surface area contributed by atoms with Gasteiger partial charge in [-0.2, -0.15) is 5.10 Å². The molecule has 3 amide bonds. The molecular weight excluding hydrogens is 246 g/mol. The highest BCUT2D eigenvalue weighted by Gasteiger charge is 2.13. The van der Waals surface area contributed by atoms with E-state index in [0.717, 1.165) is 0 Å². The molecule has 0 unspecified atom stereocenters. The first-order valence-electron chi connectivity index (χ1n) is 5.53. The monoisotopic (exact) mass is 259 g/mol. The van der Waals surface area contributed by atoms with Crippen LogP contribution in [0.4, 0.5) is 16.3 Å². The molecule has 0 bridgehead atoms. The van der Waals surface area contributed by atoms with Gasteiger partial charge in [0.25, 0.3) is 5.91 Å². The van der Waals surface area contributed by atoms with Crippen LogP contribution in [0.5, 0.6) is 0 Å². The summed E-state index contributed by atoms with van der Waals surface area (Å²) < 4.78 is 1.47. The van der Waals surface area contributed by atoms with E-state index in [-0.39, 0.29) is 5.56 Å². The zero-order valence-electron chi connectivity index (χ0n) is 10.3. The van der Waals surface area contributed by atoms with Crippen LogP contribution < -0.4 is 16.4 Å². The van der Waals surface area contributed by atoms with Crippen LogP contribution >= 0.6 is 0 Å². The number of anilines is 2. The molecule has 7 nitrogen and oxygen atoms in total. The van der Waals surface area contributed by atoms with E-state index in [1.807, 2.05) is 0 Å². The number of imide groups is 1. The zero-order chi connectivity index (χ0) is 13.8. The van der Waals surface area contributed by atoms with Crippen LogP contribution in [0.1, 0.15) is 10.4 Å². The largest absolute Gasteiger partial charge is 0.398 e. The second-order valence-corrected chi connectivity index (χ2v) is 3.84. The van der Waals surface area contributed by atoms with Crippen molar-refractivity contribution in [2.75, 3.05) is 11.1 Å². The van der Waals surface area contributed by atoms with E-state index in [0.29, 0.717) is 11.5 Å². The Labute approximate surface area is 109 Å². The maximum absolute atomic E-state index is 11.8. The van der Waals surface area contributed by atoms with Crippen molar-refractivity contribution in [1.29, 1.82) is 0 Å². The number of rotatable bonds is 2. The fourth-order valence-corrected chi connectivity index (χ4v) is 1.52. The summed E-state index contributed by atoms with van der Waals surface area (Å²) in [7, 11) is 1.67. The predicted molar refractivity (Wildman–Crippen MR) is 70.5 cm³/mol. The van der Waals surface area contributed by atoms with Gasteiger partial charge in [-0.25, -0.2) is 4.79 Å². The highest BCUT2D eigenvalue weighted by Crippen LogP contribution is 2.10. The van der Waals surface area contributed by atoms with Crippen LogP contribution in [0.15, 0.2) is 36.5 Å². The summed E-state index contributed by atoms with van der Waals surface area (Å²) in [5.41, 5.74) is 6.22. The van der Waals surface area contributed by atoms with Gasteiger partial charge in [0, 0.05) is 18.8 Å². The van der Waals surface area contributed by atoms with Crippen LogP contribution in [0, 0.1) is 0 Å². The average Bonchev–Trinajstić information content (AvgIpc) is 2.75. The number of aromatic nitrogens is 2. The number of carbonyl (C=O) groups excluding carboxylic acids is 2. The van der Waals surface area contributed by atoms with Gasteiger partial charge in [-0.05, 0) is 12.1 Å². The number of carbonyl (C=O) groups is 2. The number of hydrogen-bond donors (Lipinski definition) is 3. The molecule has 1 aromatic heterocycles. The van der Waals surface area contributed by atoms with Crippen molar-refractivity contribution in [2.45, 2.75) is 0 Å². The van der Waals surface area contributed by atoms with E-state index in [2.05, 4.69) is 15.7 Å². The molecule has 1 heterocycles. The average molecular weight is 259 g/mol. The van der Waals surface area contributed by atoms with Crippen molar-refractivity contribution in [2.24, 2.45) is 7.05 Å². The van der Waals surface area contributed by atoms with Gasteiger partial charge in [0.2, 0.25) is 0 Å². The molecule has 7 heteroatoms. The van der Waals surface area contributed by atoms with Gasteiger partial charge in [0.1, 0.15) is 5.82 Å². The first-order chi connectivity index (χ1) is 9.08. The van der Waals surface area contributed by atoms with Crippen molar-refractivity contribution in [3.63, 3.8) is 0 Å². The number of nitrogens with one attached hydrogen (secondary N) is 2. The molecular formula is C12H13N5O2. The first kappa shape index (κ1) is 12.6. The van der Waals surface area contributed by atoms with Crippen molar-refractivity contribution < 1.29 is 9.59 Å². The number of para-hydroxylation sites is 1. The van der Waals surface area contributed by atoms with Gasteiger partial charge in [-0.1, -0.05) is 12.1 Å². The normalized spacial score (nSPS) is 9.95. The molecule has 1 aromatic carbocycles. The number of nitrogens with two attached hydrogens (primary N) is 1. The van der Waals surface area contributed by atoms with Crippen molar-refractivity contribution in [3.05, 3.63) is 42.1 Å². The van der Waals surface area contributed by atoms with Crippen molar-refractivity contribution >= 4 is 23.4 Å². The Morgan fingerprint density at radius 3 is 2.63 bits per heavy atom. The minimum Gasteiger partial charge on any atom is -0.398 e. The Morgan fingerprint density at radius 2 is 2.00 bits per heavy atom. The Bertz CT molecular complexity index is 620. The summed E-state index contributed by atoms with van der Waals surface area (Å²) in [5.74, 6) is -0.0795. The molecule has 0 aliphatic carbocycles. The topological polar surface area (TPSA) is 102 Å². The molecule has 0 saturated carbocycles. The van der Waals surface area contributed by atoms with Gasteiger partial charge < -0.3 is 5.73 Å². The summed E-state index contributed by atoms with van der Waals surface area (Å²) in [6.45, 7) is 0. The summed E-state index contributed by atoms with van der Waals surface area (Å²) in [5, 5.41) is 8.58. The van der Waals surface area contributed by atoms with Crippen molar-refractivity contribution in [1.82, 2.24) is 15.1 Å². The number of nitrogens with zero attached hydrogens (tertiary/aromatic N) is 2. The third-order valence-electron chi connectivity index (χ3n) is 2.49. The summed E-state index contributed by atoms with van der Waals surface area (Å²) >= 11 is 0. The molecule has 0 spiro atoms. The van der Waals surface area contributed by atoms with Crippen LogP contribution in [-0.2, 0) is 7.05 Å². The molecule has 0 atom stereocenters. The number of hydrogen-bond acceptors (Lipinski definition) is 4. The van der Waals surface area contributed by atoms with Crippen LogP contribution in [0.2, 0.25) is 0 Å². The maximum Gasteiger partial charge on any atom is 0.327 e. The van der Waals surface area contributed by atoms with Gasteiger partial charge in [0.05, 0.1) is 11.8 Å². The quantitative estimate of drug-likeness (QED) is 0.699. The molecule has 0 radical (unpaired) electrons. The van der Waals surface area contributed by atoms with Gasteiger partial charge in [-0.3, -0.25) is 20.1 Å². The van der Waals surface area contributed by atoms with Crippen molar-refractivity contribution in [3.8, 4) is 0 Å². The summed E-state index contributed by atoms with van der Waals surface area (Å²) in [6.07, 6.45) is 1.53. The Hall–Kier alpha value is -2.83. The second-order valence-electron chi connectivity index (χ2n) is 3.84. The molecule has 0 fully saturated rings. The van der Waals surface area contributed by atoms with E-state index in [1.165, 1.54) is 10.9 Å². The van der Waals surface area contributed by atoms with E-state index in [1.54, 1.807) is 37.4 Å². The molecule has 4 N–H and O–H groups in total. The number of nitrogen functional groups attached to an aromatic ring is 1. The fourth-order valence-electron chi connectivity index (χ4n) is 1.52. The van der Waals surface area contributed by atoms with Crippen LogP contribution in [0.25, 0.3) is 0 Å². The van der Waals surface area contributed by atoms with E-state index >= 15 is 0 Å². The molecule has 98 valence electrons. The van der Waals surface area contributed by atoms with Gasteiger partial charge in [-0.15, -0.1) is 0 Å². The lowest BCUT2D eigenvalue weighted by atomic mass is 10.2. The summed E-state index contributed by atoms with van der Waals surface area (Å²) in [4.78, 5) is 23.4. The number of aryl methyl sites for hydroxylation is 1. The van der Waals surface area contributed by atoms with Gasteiger partial charge >= 0.3 is 6.03 Å². The molecule has 0 aliphatic rings. The highest BCUT2D eigenvalue weighted by atomic mass is 16.2. The SMILES string of the molecule is Cn1nccc1NC(=O)NC(=O)c1ccccc1N. The van der Waals surface area contributed by atoms with Crippen LogP contribution in [0.3, 0.4) is 0 Å². The zero-order valence-corrected chi connectivity index (χ0v) is 10.3. The molecule has 2 aromatic rings. The fraction of sp³-hybridized carbons (Fsp3) is 0.0833. The number of benzene rings is 1. The first-order valence-corrected chi connectivity index (χ1v) is 5.53. The smallest absolute Gasteiger partial charge is 0.327 e. The van der Waals surface area contributed by atoms with E-state index < -0.39 is 11.9 Å². The molecule has 2 rings (SSSR count). The highest BCUT2D eigenvalue weighted by molar-refractivity contribution is 6.09. The predicted octanol–water partition coefficient (Wildman–Crippen LogP) is 0.964. The lowest BCUT2D eigenvalue weighted by Crippen LogP contribution is -2.35.